The molecule has 0 saturated heterocycles. The van der Waals surface area contributed by atoms with Crippen LogP contribution in [0, 0.1) is 11.7 Å². The molecule has 0 radical (unpaired) electrons. The Bertz CT molecular complexity index is 1190. The van der Waals surface area contributed by atoms with Crippen LogP contribution in [0.5, 0.6) is 0 Å². The van der Waals surface area contributed by atoms with Crippen LogP contribution in [0.1, 0.15) is 53.5 Å². The van der Waals surface area contributed by atoms with Gasteiger partial charge in [-0.05, 0) is 90.6 Å². The van der Waals surface area contributed by atoms with E-state index in [0.29, 0.717) is 43.9 Å². The van der Waals surface area contributed by atoms with Crippen LogP contribution >= 0.6 is 11.6 Å². The average Bonchev–Trinajstić information content (AvgIpc) is 3.66. The minimum absolute atomic E-state index is 0.0103. The fourth-order valence-corrected chi connectivity index (χ4v) is 4.70. The number of ether oxygens (including phenoxy) is 1. The van der Waals surface area contributed by atoms with Gasteiger partial charge in [-0.15, -0.1) is 0 Å². The van der Waals surface area contributed by atoms with Gasteiger partial charge in [0.1, 0.15) is 5.82 Å². The molecule has 2 unspecified atom stereocenters. The van der Waals surface area contributed by atoms with Gasteiger partial charge >= 0.3 is 5.97 Å². The second-order valence-corrected chi connectivity index (χ2v) is 9.74. The summed E-state index contributed by atoms with van der Waals surface area (Å²) in [6.45, 7) is 2.71. The molecule has 4 nitrogen and oxygen atoms in total. The van der Waals surface area contributed by atoms with Gasteiger partial charge < -0.3 is 10.1 Å². The molecule has 0 aliphatic heterocycles. The lowest BCUT2D eigenvalue weighted by molar-refractivity contribution is -0.143. The maximum atomic E-state index is 13.3. The second-order valence-electron chi connectivity index (χ2n) is 9.31. The number of nitrogens with one attached hydrogen (secondary N) is 1. The molecule has 0 bridgehead atoms. The molecular weight excluding hydrogens is 477 g/mol. The first-order valence-electron chi connectivity index (χ1n) is 12.5. The molecular formula is C30H31ClFNO3. The Labute approximate surface area is 216 Å². The van der Waals surface area contributed by atoms with E-state index in [1.165, 1.54) is 12.1 Å². The molecule has 3 aromatic carbocycles. The SMILES string of the molecule is CCOC(=O)CCc1cc(CCNC(=O)C2CC2c2ccc(Cl)cc2)cc(Cc2ccc(F)cc2)c1. The van der Waals surface area contributed by atoms with Crippen LogP contribution in [-0.4, -0.2) is 25.0 Å². The third-order valence-electron chi connectivity index (χ3n) is 6.50. The molecule has 36 heavy (non-hydrogen) atoms. The number of carbonyl (C=O) groups excluding carboxylic acids is 2. The predicted octanol–water partition coefficient (Wildman–Crippen LogP) is 6.03. The molecule has 6 heteroatoms. The summed E-state index contributed by atoms with van der Waals surface area (Å²) < 4.78 is 18.4. The Balaban J connectivity index is 1.37. The fourth-order valence-electron chi connectivity index (χ4n) is 4.57. The largest absolute Gasteiger partial charge is 0.466 e. The molecule has 3 aromatic rings. The predicted molar refractivity (Wildman–Crippen MR) is 140 cm³/mol. The summed E-state index contributed by atoms with van der Waals surface area (Å²) in [6, 6.07) is 20.5. The number of halogens is 2. The number of aryl methyl sites for hydroxylation is 1. The minimum Gasteiger partial charge on any atom is -0.466 e. The zero-order valence-corrected chi connectivity index (χ0v) is 21.2. The highest BCUT2D eigenvalue weighted by Gasteiger charge is 2.43. The molecule has 1 amide bonds. The maximum absolute atomic E-state index is 13.3. The van der Waals surface area contributed by atoms with Gasteiger partial charge in [-0.2, -0.15) is 0 Å². The Morgan fingerprint density at radius 1 is 0.944 bits per heavy atom. The van der Waals surface area contributed by atoms with Crippen molar-refractivity contribution >= 4 is 23.5 Å². The molecule has 1 saturated carbocycles. The van der Waals surface area contributed by atoms with Gasteiger partial charge in [0.15, 0.2) is 0 Å². The van der Waals surface area contributed by atoms with Gasteiger partial charge in [0.2, 0.25) is 5.91 Å². The Morgan fingerprint density at radius 2 is 1.61 bits per heavy atom. The van der Waals surface area contributed by atoms with E-state index in [9.17, 15) is 14.0 Å². The highest BCUT2D eigenvalue weighted by Crippen LogP contribution is 2.47. The zero-order chi connectivity index (χ0) is 25.5. The van der Waals surface area contributed by atoms with Crippen molar-refractivity contribution in [2.24, 2.45) is 5.92 Å². The van der Waals surface area contributed by atoms with Crippen LogP contribution in [-0.2, 0) is 33.6 Å². The van der Waals surface area contributed by atoms with E-state index in [2.05, 4.69) is 23.5 Å². The van der Waals surface area contributed by atoms with E-state index in [-0.39, 0.29) is 29.5 Å². The van der Waals surface area contributed by atoms with E-state index >= 15 is 0 Å². The van der Waals surface area contributed by atoms with E-state index in [1.54, 1.807) is 19.1 Å². The van der Waals surface area contributed by atoms with Gasteiger partial charge in [-0.25, -0.2) is 4.39 Å². The molecule has 4 rings (SSSR count). The molecule has 2 atom stereocenters. The van der Waals surface area contributed by atoms with E-state index < -0.39 is 0 Å². The normalized spacial score (nSPS) is 16.4. The molecule has 1 N–H and O–H groups in total. The number of hydrogen-bond donors (Lipinski definition) is 1. The molecule has 188 valence electrons. The Kier molecular flexibility index (Phi) is 8.76. The van der Waals surface area contributed by atoms with Crippen LogP contribution in [0.4, 0.5) is 4.39 Å². The molecule has 1 aliphatic carbocycles. The molecule has 0 heterocycles. The van der Waals surface area contributed by atoms with Crippen molar-refractivity contribution in [1.82, 2.24) is 5.32 Å². The molecule has 1 fully saturated rings. The average molecular weight is 508 g/mol. The third-order valence-corrected chi connectivity index (χ3v) is 6.75. The lowest BCUT2D eigenvalue weighted by atomic mass is 9.96. The van der Waals surface area contributed by atoms with Gasteiger partial charge in [-0.3, -0.25) is 9.59 Å². The summed E-state index contributed by atoms with van der Waals surface area (Å²) in [5.41, 5.74) is 5.40. The number of esters is 1. The first-order valence-corrected chi connectivity index (χ1v) is 12.8. The van der Waals surface area contributed by atoms with Gasteiger partial charge in [0.05, 0.1) is 6.61 Å². The lowest BCUT2D eigenvalue weighted by Gasteiger charge is -2.11. The summed E-state index contributed by atoms with van der Waals surface area (Å²) in [6.07, 6.45) is 3.11. The number of rotatable bonds is 11. The zero-order valence-electron chi connectivity index (χ0n) is 20.4. The quantitative estimate of drug-likeness (QED) is 0.322. The number of carbonyl (C=O) groups is 2. The van der Waals surface area contributed by atoms with Crippen LogP contribution in [0.15, 0.2) is 66.7 Å². The van der Waals surface area contributed by atoms with Crippen LogP contribution in [0.2, 0.25) is 5.02 Å². The molecule has 0 spiro atoms. The standard InChI is InChI=1S/C30H31ClFNO3/c1-2-36-29(34)12-5-21-16-22(18-23(17-21)15-20-3-10-26(32)11-4-20)13-14-33-30(35)28-19-27(28)24-6-8-25(31)9-7-24/h3-4,6-11,16-18,27-28H,2,5,12-15,19H2,1H3,(H,33,35). The third kappa shape index (κ3) is 7.41. The topological polar surface area (TPSA) is 55.4 Å². The second kappa shape index (κ2) is 12.2. The van der Waals surface area contributed by atoms with Gasteiger partial charge in [-0.1, -0.05) is 54.1 Å². The Hall–Kier alpha value is -3.18. The van der Waals surface area contributed by atoms with Crippen molar-refractivity contribution in [2.75, 3.05) is 13.2 Å². The van der Waals surface area contributed by atoms with Crippen molar-refractivity contribution in [3.8, 4) is 0 Å². The maximum Gasteiger partial charge on any atom is 0.306 e. The van der Waals surface area contributed by atoms with Crippen LogP contribution in [0.3, 0.4) is 0 Å². The minimum atomic E-state index is -0.257. The van der Waals surface area contributed by atoms with Crippen molar-refractivity contribution in [1.29, 1.82) is 0 Å². The van der Waals surface area contributed by atoms with Crippen LogP contribution < -0.4 is 5.32 Å². The number of amides is 1. The molecule has 1 aliphatic rings. The van der Waals surface area contributed by atoms with Crippen molar-refractivity contribution < 1.29 is 18.7 Å². The molecule has 0 aromatic heterocycles. The van der Waals surface area contributed by atoms with Crippen molar-refractivity contribution in [3.05, 3.63) is 105 Å². The fraction of sp³-hybridized carbons (Fsp3) is 0.333. The highest BCUT2D eigenvalue weighted by atomic mass is 35.5. The van der Waals surface area contributed by atoms with E-state index in [1.807, 2.05) is 24.3 Å². The first kappa shape index (κ1) is 25.9. The smallest absolute Gasteiger partial charge is 0.306 e. The Morgan fingerprint density at radius 3 is 2.31 bits per heavy atom. The summed E-state index contributed by atoms with van der Waals surface area (Å²) in [5.74, 6) is -0.117. The van der Waals surface area contributed by atoms with Crippen molar-refractivity contribution in [2.45, 2.75) is 44.9 Å². The van der Waals surface area contributed by atoms with Gasteiger partial charge in [0, 0.05) is 23.9 Å². The first-order chi connectivity index (χ1) is 17.4. The summed E-state index contributed by atoms with van der Waals surface area (Å²) >= 11 is 5.97. The summed E-state index contributed by atoms with van der Waals surface area (Å²) in [5, 5.41) is 3.78. The monoisotopic (exact) mass is 507 g/mol. The lowest BCUT2D eigenvalue weighted by Crippen LogP contribution is -2.27. The highest BCUT2D eigenvalue weighted by molar-refractivity contribution is 6.30. The van der Waals surface area contributed by atoms with Crippen molar-refractivity contribution in [3.63, 3.8) is 0 Å². The number of benzene rings is 3. The summed E-state index contributed by atoms with van der Waals surface area (Å²) in [7, 11) is 0. The summed E-state index contributed by atoms with van der Waals surface area (Å²) in [4.78, 5) is 24.5. The van der Waals surface area contributed by atoms with Gasteiger partial charge in [0.25, 0.3) is 0 Å². The van der Waals surface area contributed by atoms with Crippen LogP contribution in [0.25, 0.3) is 0 Å². The van der Waals surface area contributed by atoms with E-state index in [0.717, 1.165) is 34.2 Å². The number of hydrogen-bond acceptors (Lipinski definition) is 3. The van der Waals surface area contributed by atoms with E-state index in [4.69, 9.17) is 16.3 Å².